The van der Waals surface area contributed by atoms with Gasteiger partial charge in [-0.1, -0.05) is 30.3 Å². The first-order valence-corrected chi connectivity index (χ1v) is 8.48. The van der Waals surface area contributed by atoms with E-state index in [1.165, 1.54) is 12.4 Å². The molecule has 3 rings (SSSR count). The van der Waals surface area contributed by atoms with Gasteiger partial charge in [-0.3, -0.25) is 9.78 Å². The molecule has 0 aliphatic carbocycles. The lowest BCUT2D eigenvalue weighted by Crippen LogP contribution is -2.29. The molecule has 2 heterocycles. The highest BCUT2D eigenvalue weighted by molar-refractivity contribution is 5.94. The van der Waals surface area contributed by atoms with Crippen molar-refractivity contribution in [2.24, 2.45) is 0 Å². The minimum absolute atomic E-state index is 0.226. The Hall–Kier alpha value is -3.28. The summed E-state index contributed by atoms with van der Waals surface area (Å²) in [6.45, 7) is 4.01. The standard InChI is InChI=1S/C20H21N5O/c1-14(2)24-20-22-12-17(13-23-20)19(26)25-18(15-6-4-3-5-7-15)16-8-10-21-11-9-16/h3-14,18H,1-2H3,(H,25,26)(H,22,23,24)/t18-/m0/s1. The molecule has 0 saturated heterocycles. The van der Waals surface area contributed by atoms with E-state index in [2.05, 4.69) is 25.6 Å². The highest BCUT2D eigenvalue weighted by atomic mass is 16.1. The van der Waals surface area contributed by atoms with Crippen LogP contribution in [0.25, 0.3) is 0 Å². The molecule has 0 spiro atoms. The van der Waals surface area contributed by atoms with E-state index in [0.717, 1.165) is 11.1 Å². The van der Waals surface area contributed by atoms with Crippen LogP contribution in [0.1, 0.15) is 41.4 Å². The number of hydrogen-bond donors (Lipinski definition) is 2. The van der Waals surface area contributed by atoms with E-state index in [-0.39, 0.29) is 18.0 Å². The monoisotopic (exact) mass is 347 g/mol. The normalized spacial score (nSPS) is 11.8. The molecule has 1 atom stereocenters. The summed E-state index contributed by atoms with van der Waals surface area (Å²) in [4.78, 5) is 25.2. The summed E-state index contributed by atoms with van der Waals surface area (Å²) in [6.07, 6.45) is 6.49. The van der Waals surface area contributed by atoms with Crippen molar-refractivity contribution in [3.63, 3.8) is 0 Å². The fourth-order valence-electron chi connectivity index (χ4n) is 2.55. The van der Waals surface area contributed by atoms with Gasteiger partial charge in [0.2, 0.25) is 5.95 Å². The van der Waals surface area contributed by atoms with Gasteiger partial charge >= 0.3 is 0 Å². The largest absolute Gasteiger partial charge is 0.352 e. The number of carbonyl (C=O) groups excluding carboxylic acids is 1. The van der Waals surface area contributed by atoms with Crippen molar-refractivity contribution in [1.82, 2.24) is 20.3 Å². The lowest BCUT2D eigenvalue weighted by atomic mass is 9.99. The molecule has 26 heavy (non-hydrogen) atoms. The molecule has 1 amide bonds. The van der Waals surface area contributed by atoms with E-state index in [1.807, 2.05) is 56.3 Å². The van der Waals surface area contributed by atoms with Gasteiger partial charge in [-0.25, -0.2) is 9.97 Å². The Morgan fingerprint density at radius 1 is 0.923 bits per heavy atom. The van der Waals surface area contributed by atoms with Crippen LogP contribution in [0.4, 0.5) is 5.95 Å². The number of aromatic nitrogens is 3. The first-order chi connectivity index (χ1) is 12.6. The molecule has 6 heteroatoms. The summed E-state index contributed by atoms with van der Waals surface area (Å²) in [5.74, 6) is 0.275. The Morgan fingerprint density at radius 3 is 2.15 bits per heavy atom. The highest BCUT2D eigenvalue weighted by Gasteiger charge is 2.18. The summed E-state index contributed by atoms with van der Waals surface area (Å²) in [5.41, 5.74) is 2.36. The summed E-state index contributed by atoms with van der Waals surface area (Å²) >= 11 is 0. The molecule has 0 aliphatic rings. The van der Waals surface area contributed by atoms with Gasteiger partial charge in [-0.15, -0.1) is 0 Å². The van der Waals surface area contributed by atoms with Gasteiger partial charge < -0.3 is 10.6 Å². The minimum Gasteiger partial charge on any atom is -0.352 e. The van der Waals surface area contributed by atoms with Gasteiger partial charge in [0.25, 0.3) is 5.91 Å². The maximum atomic E-state index is 12.7. The molecular weight excluding hydrogens is 326 g/mol. The second-order valence-electron chi connectivity index (χ2n) is 6.19. The Labute approximate surface area is 152 Å². The first-order valence-electron chi connectivity index (χ1n) is 8.48. The van der Waals surface area contributed by atoms with Crippen molar-refractivity contribution in [2.75, 3.05) is 5.32 Å². The Morgan fingerprint density at radius 2 is 1.54 bits per heavy atom. The van der Waals surface area contributed by atoms with Crippen LogP contribution in [0, 0.1) is 0 Å². The topological polar surface area (TPSA) is 79.8 Å². The van der Waals surface area contributed by atoms with E-state index in [9.17, 15) is 4.79 Å². The molecule has 0 fully saturated rings. The average molecular weight is 347 g/mol. The molecule has 6 nitrogen and oxygen atoms in total. The molecule has 0 unspecified atom stereocenters. The molecule has 0 bridgehead atoms. The quantitative estimate of drug-likeness (QED) is 0.716. The van der Waals surface area contributed by atoms with E-state index >= 15 is 0 Å². The number of nitrogens with zero attached hydrogens (tertiary/aromatic N) is 3. The van der Waals surface area contributed by atoms with Gasteiger partial charge in [0.15, 0.2) is 0 Å². The smallest absolute Gasteiger partial charge is 0.255 e. The molecule has 3 aromatic rings. The van der Waals surface area contributed by atoms with Crippen molar-refractivity contribution in [3.05, 3.63) is 83.9 Å². The Balaban J connectivity index is 1.81. The van der Waals surface area contributed by atoms with Gasteiger partial charge in [-0.2, -0.15) is 0 Å². The van der Waals surface area contributed by atoms with Gasteiger partial charge in [0.05, 0.1) is 11.6 Å². The van der Waals surface area contributed by atoms with E-state index in [1.54, 1.807) is 12.4 Å². The predicted molar refractivity (Wildman–Crippen MR) is 101 cm³/mol. The van der Waals surface area contributed by atoms with Gasteiger partial charge in [0, 0.05) is 30.8 Å². The van der Waals surface area contributed by atoms with Crippen molar-refractivity contribution in [1.29, 1.82) is 0 Å². The molecular formula is C20H21N5O. The zero-order chi connectivity index (χ0) is 18.4. The number of amides is 1. The van der Waals surface area contributed by atoms with Gasteiger partial charge in [-0.05, 0) is 37.1 Å². The second kappa shape index (κ2) is 8.20. The SMILES string of the molecule is CC(C)Nc1ncc(C(=O)N[C@@H](c2ccccc2)c2ccncc2)cn1. The summed E-state index contributed by atoms with van der Waals surface area (Å²) in [7, 11) is 0. The number of anilines is 1. The fraction of sp³-hybridized carbons (Fsp3) is 0.200. The van der Waals surface area contributed by atoms with Crippen LogP contribution in [0.15, 0.2) is 67.3 Å². The lowest BCUT2D eigenvalue weighted by molar-refractivity contribution is 0.0942. The van der Waals surface area contributed by atoms with Crippen LogP contribution in [0.5, 0.6) is 0 Å². The first kappa shape index (κ1) is 17.5. The van der Waals surface area contributed by atoms with Gasteiger partial charge in [0.1, 0.15) is 0 Å². The van der Waals surface area contributed by atoms with E-state index in [0.29, 0.717) is 11.5 Å². The Kier molecular flexibility index (Phi) is 5.53. The van der Waals surface area contributed by atoms with Crippen LogP contribution in [0.2, 0.25) is 0 Å². The molecule has 0 aliphatic heterocycles. The number of pyridine rings is 1. The molecule has 2 N–H and O–H groups in total. The number of carbonyl (C=O) groups is 1. The van der Waals surface area contributed by atoms with E-state index in [4.69, 9.17) is 0 Å². The Bertz CT molecular complexity index is 796. The summed E-state index contributed by atoms with van der Waals surface area (Å²) in [6, 6.07) is 13.5. The highest BCUT2D eigenvalue weighted by Crippen LogP contribution is 2.21. The number of nitrogens with one attached hydrogen (secondary N) is 2. The second-order valence-corrected chi connectivity index (χ2v) is 6.19. The van der Waals surface area contributed by atoms with Crippen LogP contribution in [-0.4, -0.2) is 26.9 Å². The van der Waals surface area contributed by atoms with Crippen LogP contribution in [0.3, 0.4) is 0 Å². The average Bonchev–Trinajstić information content (AvgIpc) is 2.67. The summed E-state index contributed by atoms with van der Waals surface area (Å²) < 4.78 is 0. The lowest BCUT2D eigenvalue weighted by Gasteiger charge is -2.19. The number of hydrogen-bond acceptors (Lipinski definition) is 5. The number of rotatable bonds is 6. The third-order valence-electron chi connectivity index (χ3n) is 3.78. The molecule has 1 aromatic carbocycles. The molecule has 0 saturated carbocycles. The van der Waals surface area contributed by atoms with Crippen molar-refractivity contribution >= 4 is 11.9 Å². The van der Waals surface area contributed by atoms with E-state index < -0.39 is 0 Å². The zero-order valence-corrected chi connectivity index (χ0v) is 14.8. The van der Waals surface area contributed by atoms with Crippen molar-refractivity contribution in [2.45, 2.75) is 25.9 Å². The van der Waals surface area contributed by atoms with Crippen molar-refractivity contribution in [3.8, 4) is 0 Å². The van der Waals surface area contributed by atoms with Crippen LogP contribution < -0.4 is 10.6 Å². The third-order valence-corrected chi connectivity index (χ3v) is 3.78. The molecule has 2 aromatic heterocycles. The molecule has 0 radical (unpaired) electrons. The minimum atomic E-state index is -0.278. The van der Waals surface area contributed by atoms with Crippen LogP contribution >= 0.6 is 0 Å². The maximum Gasteiger partial charge on any atom is 0.255 e. The van der Waals surface area contributed by atoms with Crippen LogP contribution in [-0.2, 0) is 0 Å². The summed E-state index contributed by atoms with van der Waals surface area (Å²) in [5, 5.41) is 6.16. The number of benzene rings is 1. The predicted octanol–water partition coefficient (Wildman–Crippen LogP) is 3.21. The third kappa shape index (κ3) is 4.42. The zero-order valence-electron chi connectivity index (χ0n) is 14.8. The molecule has 132 valence electrons. The fourth-order valence-corrected chi connectivity index (χ4v) is 2.55. The van der Waals surface area contributed by atoms with Crippen molar-refractivity contribution < 1.29 is 4.79 Å². The maximum absolute atomic E-state index is 12.7.